The van der Waals surface area contributed by atoms with Gasteiger partial charge in [0.05, 0.1) is 5.69 Å². The summed E-state index contributed by atoms with van der Waals surface area (Å²) in [6.07, 6.45) is -0.688. The monoisotopic (exact) mass is 318 g/mol. The van der Waals surface area contributed by atoms with Gasteiger partial charge in [-0.1, -0.05) is 12.1 Å². The fraction of sp³-hybridized carbons (Fsp3) is 0.312. The largest absolute Gasteiger partial charge is 0.481 e. The van der Waals surface area contributed by atoms with Crippen molar-refractivity contribution in [3.05, 3.63) is 40.4 Å². The van der Waals surface area contributed by atoms with Crippen LogP contribution >= 0.6 is 11.3 Å². The topological polar surface area (TPSA) is 68.3 Å². The SMILES string of the molecule is CC(=O)c1cccc(O[C@H](C)C(=O)Nc2nc(C)c(C)s2)c1. The minimum atomic E-state index is -0.688. The molecule has 0 aliphatic carbocycles. The van der Waals surface area contributed by atoms with Gasteiger partial charge in [0.15, 0.2) is 17.0 Å². The van der Waals surface area contributed by atoms with Crippen molar-refractivity contribution in [1.29, 1.82) is 0 Å². The molecule has 0 saturated heterocycles. The van der Waals surface area contributed by atoms with Gasteiger partial charge in [0.25, 0.3) is 5.91 Å². The molecule has 0 fully saturated rings. The lowest BCUT2D eigenvalue weighted by molar-refractivity contribution is -0.122. The van der Waals surface area contributed by atoms with Crippen molar-refractivity contribution in [2.24, 2.45) is 0 Å². The first-order valence-corrected chi connectivity index (χ1v) is 7.71. The molecule has 0 saturated carbocycles. The smallest absolute Gasteiger partial charge is 0.266 e. The standard InChI is InChI=1S/C16H18N2O3S/c1-9-12(4)22-16(17-9)18-15(20)11(3)21-14-7-5-6-13(8-14)10(2)19/h5-8,11H,1-4H3,(H,17,18,20)/t11-/m1/s1. The molecule has 1 amide bonds. The van der Waals surface area contributed by atoms with Gasteiger partial charge in [0.1, 0.15) is 5.75 Å². The van der Waals surface area contributed by atoms with E-state index < -0.39 is 6.10 Å². The van der Waals surface area contributed by atoms with Crippen LogP contribution in [0.3, 0.4) is 0 Å². The zero-order valence-corrected chi connectivity index (χ0v) is 13.8. The second-order valence-corrected chi connectivity index (χ2v) is 6.20. The Bertz CT molecular complexity index is 690. The molecule has 1 aromatic carbocycles. The predicted molar refractivity (Wildman–Crippen MR) is 86.8 cm³/mol. The quantitative estimate of drug-likeness (QED) is 0.858. The van der Waals surface area contributed by atoms with E-state index in [1.807, 2.05) is 13.8 Å². The highest BCUT2D eigenvalue weighted by Crippen LogP contribution is 2.22. The summed E-state index contributed by atoms with van der Waals surface area (Å²) in [6.45, 7) is 7.00. The number of aromatic nitrogens is 1. The molecule has 0 aliphatic heterocycles. The van der Waals surface area contributed by atoms with Crippen molar-refractivity contribution in [2.75, 3.05) is 5.32 Å². The Morgan fingerprint density at radius 1 is 1.32 bits per heavy atom. The molecule has 5 nitrogen and oxygen atoms in total. The van der Waals surface area contributed by atoms with Crippen LogP contribution in [0.4, 0.5) is 5.13 Å². The number of Topliss-reactive ketones (excluding diaryl/α,β-unsaturated/α-hetero) is 1. The van der Waals surface area contributed by atoms with Gasteiger partial charge in [-0.05, 0) is 39.8 Å². The summed E-state index contributed by atoms with van der Waals surface area (Å²) in [5.41, 5.74) is 1.46. The molecule has 0 unspecified atom stereocenters. The number of rotatable bonds is 5. The fourth-order valence-corrected chi connectivity index (χ4v) is 2.60. The summed E-state index contributed by atoms with van der Waals surface area (Å²) in [7, 11) is 0. The zero-order chi connectivity index (χ0) is 16.3. The second kappa shape index (κ2) is 6.70. The summed E-state index contributed by atoms with van der Waals surface area (Å²) in [5.74, 6) is 0.167. The molecule has 0 radical (unpaired) electrons. The summed E-state index contributed by atoms with van der Waals surface area (Å²) in [6, 6.07) is 6.78. The maximum atomic E-state index is 12.1. The number of carbonyl (C=O) groups excluding carboxylic acids is 2. The van der Waals surface area contributed by atoms with Crippen molar-refractivity contribution in [3.63, 3.8) is 0 Å². The highest BCUT2D eigenvalue weighted by atomic mass is 32.1. The Kier molecular flexibility index (Phi) is 4.92. The number of aryl methyl sites for hydroxylation is 2. The number of nitrogens with zero attached hydrogens (tertiary/aromatic N) is 1. The lowest BCUT2D eigenvalue weighted by Crippen LogP contribution is -2.30. The van der Waals surface area contributed by atoms with Crippen molar-refractivity contribution >= 4 is 28.2 Å². The fourth-order valence-electron chi connectivity index (χ4n) is 1.78. The number of hydrogen-bond donors (Lipinski definition) is 1. The molecule has 22 heavy (non-hydrogen) atoms. The number of anilines is 1. The van der Waals surface area contributed by atoms with Gasteiger partial charge in [-0.25, -0.2) is 4.98 Å². The van der Waals surface area contributed by atoms with Gasteiger partial charge in [-0.3, -0.25) is 14.9 Å². The van der Waals surface area contributed by atoms with E-state index in [1.165, 1.54) is 18.3 Å². The van der Waals surface area contributed by atoms with Crippen molar-refractivity contribution in [3.8, 4) is 5.75 Å². The van der Waals surface area contributed by atoms with Crippen LogP contribution in [-0.4, -0.2) is 22.8 Å². The van der Waals surface area contributed by atoms with Gasteiger partial charge in [0, 0.05) is 10.4 Å². The minimum Gasteiger partial charge on any atom is -0.481 e. The number of ether oxygens (including phenoxy) is 1. The average Bonchev–Trinajstić information content (AvgIpc) is 2.77. The number of thiazole rings is 1. The van der Waals surface area contributed by atoms with Gasteiger partial charge in [0.2, 0.25) is 0 Å². The number of ketones is 1. The lowest BCUT2D eigenvalue weighted by Gasteiger charge is -2.14. The van der Waals surface area contributed by atoms with Gasteiger partial charge >= 0.3 is 0 Å². The minimum absolute atomic E-state index is 0.0451. The molecule has 2 aromatic rings. The first kappa shape index (κ1) is 16.2. The van der Waals surface area contributed by atoms with Crippen LogP contribution in [0, 0.1) is 13.8 Å². The average molecular weight is 318 g/mol. The molecule has 1 atom stereocenters. The van der Waals surface area contributed by atoms with Crippen LogP contribution in [0.2, 0.25) is 0 Å². The number of amides is 1. The van der Waals surface area contributed by atoms with E-state index in [9.17, 15) is 9.59 Å². The predicted octanol–water partition coefficient (Wildman–Crippen LogP) is 3.37. The van der Waals surface area contributed by atoms with Crippen LogP contribution in [0.25, 0.3) is 0 Å². The molecule has 1 aromatic heterocycles. The summed E-state index contributed by atoms with van der Waals surface area (Å²) in [5, 5.41) is 3.30. The molecule has 0 aliphatic rings. The Balaban J connectivity index is 2.02. The van der Waals surface area contributed by atoms with E-state index in [2.05, 4.69) is 10.3 Å². The molecular formula is C16H18N2O3S. The normalized spacial score (nSPS) is 11.8. The number of nitrogens with one attached hydrogen (secondary N) is 1. The maximum absolute atomic E-state index is 12.1. The first-order valence-electron chi connectivity index (χ1n) is 6.89. The third-order valence-electron chi connectivity index (χ3n) is 3.18. The third-order valence-corrected chi connectivity index (χ3v) is 4.17. The second-order valence-electron chi connectivity index (χ2n) is 4.99. The van der Waals surface area contributed by atoms with Crippen LogP contribution in [0.1, 0.15) is 34.8 Å². The Morgan fingerprint density at radius 2 is 2.05 bits per heavy atom. The third kappa shape index (κ3) is 3.92. The summed E-state index contributed by atoms with van der Waals surface area (Å²) < 4.78 is 5.59. The number of hydrogen-bond acceptors (Lipinski definition) is 5. The number of benzene rings is 1. The Hall–Kier alpha value is -2.21. The number of carbonyl (C=O) groups is 2. The molecular weight excluding hydrogens is 300 g/mol. The molecule has 0 spiro atoms. The van der Waals surface area contributed by atoms with Crippen LogP contribution in [0.5, 0.6) is 5.75 Å². The molecule has 6 heteroatoms. The lowest BCUT2D eigenvalue weighted by atomic mass is 10.1. The van der Waals surface area contributed by atoms with E-state index in [-0.39, 0.29) is 11.7 Å². The summed E-state index contributed by atoms with van der Waals surface area (Å²) in [4.78, 5) is 28.8. The van der Waals surface area contributed by atoms with Gasteiger partial charge in [-0.15, -0.1) is 11.3 Å². The Labute approximate surface area is 133 Å². The highest BCUT2D eigenvalue weighted by molar-refractivity contribution is 7.15. The van der Waals surface area contributed by atoms with E-state index in [0.29, 0.717) is 16.4 Å². The van der Waals surface area contributed by atoms with Crippen LogP contribution in [0.15, 0.2) is 24.3 Å². The van der Waals surface area contributed by atoms with Gasteiger partial charge < -0.3 is 4.74 Å². The van der Waals surface area contributed by atoms with E-state index >= 15 is 0 Å². The molecule has 2 rings (SSSR count). The van der Waals surface area contributed by atoms with Crippen LogP contribution in [-0.2, 0) is 4.79 Å². The van der Waals surface area contributed by atoms with E-state index in [4.69, 9.17) is 4.74 Å². The molecule has 0 bridgehead atoms. The molecule has 1 N–H and O–H groups in total. The van der Waals surface area contributed by atoms with Crippen molar-refractivity contribution in [2.45, 2.75) is 33.8 Å². The first-order chi connectivity index (χ1) is 10.4. The Morgan fingerprint density at radius 3 is 2.64 bits per heavy atom. The summed E-state index contributed by atoms with van der Waals surface area (Å²) >= 11 is 1.43. The highest BCUT2D eigenvalue weighted by Gasteiger charge is 2.17. The van der Waals surface area contributed by atoms with Gasteiger partial charge in [-0.2, -0.15) is 0 Å². The zero-order valence-electron chi connectivity index (χ0n) is 13.0. The van der Waals surface area contributed by atoms with E-state index in [0.717, 1.165) is 10.6 Å². The van der Waals surface area contributed by atoms with Crippen molar-refractivity contribution in [1.82, 2.24) is 4.98 Å². The molecule has 1 heterocycles. The van der Waals surface area contributed by atoms with E-state index in [1.54, 1.807) is 31.2 Å². The van der Waals surface area contributed by atoms with Crippen molar-refractivity contribution < 1.29 is 14.3 Å². The van der Waals surface area contributed by atoms with Crippen LogP contribution < -0.4 is 10.1 Å². The molecule has 116 valence electrons. The maximum Gasteiger partial charge on any atom is 0.266 e.